The summed E-state index contributed by atoms with van der Waals surface area (Å²) in [4.78, 5) is 3.76. The van der Waals surface area contributed by atoms with Gasteiger partial charge in [-0.1, -0.05) is 12.6 Å². The van der Waals surface area contributed by atoms with Gasteiger partial charge >= 0.3 is 0 Å². The van der Waals surface area contributed by atoms with Crippen molar-refractivity contribution in [2.75, 3.05) is 0 Å². The van der Waals surface area contributed by atoms with Gasteiger partial charge in [0.1, 0.15) is 0 Å². The number of rotatable bonds is 2. The summed E-state index contributed by atoms with van der Waals surface area (Å²) in [5, 5.41) is 0.988. The van der Waals surface area contributed by atoms with E-state index in [4.69, 9.17) is 0 Å². The van der Waals surface area contributed by atoms with E-state index in [1.807, 2.05) is 0 Å². The maximum Gasteiger partial charge on any atom is 0.216 e. The van der Waals surface area contributed by atoms with E-state index in [2.05, 4.69) is 11.6 Å². The van der Waals surface area contributed by atoms with E-state index >= 15 is 0 Å². The van der Waals surface area contributed by atoms with Gasteiger partial charge in [0.25, 0.3) is 0 Å². The molecule has 0 aliphatic carbocycles. The summed E-state index contributed by atoms with van der Waals surface area (Å²) in [6.07, 6.45) is 1.45. The second kappa shape index (κ2) is 3.06. The van der Waals surface area contributed by atoms with Crippen LogP contribution in [-0.2, 0) is 9.84 Å². The van der Waals surface area contributed by atoms with Crippen LogP contribution in [0.3, 0.4) is 0 Å². The average Bonchev–Trinajstić information content (AvgIpc) is 2.05. The molecule has 0 radical (unpaired) electrons. The number of aryl methyl sites for hydroxylation is 1. The molecule has 0 N–H and O–H groups in total. The number of pyridine rings is 1. The van der Waals surface area contributed by atoms with E-state index in [9.17, 15) is 8.42 Å². The molecule has 0 atom stereocenters. The SMILES string of the molecule is C=CS(=O)(=O)c1ncccc1C. The Morgan fingerprint density at radius 3 is 2.75 bits per heavy atom. The molecule has 0 aliphatic rings. The van der Waals surface area contributed by atoms with Gasteiger partial charge in [-0.15, -0.1) is 0 Å². The first-order valence-corrected chi connectivity index (χ1v) is 4.91. The molecule has 4 heteroatoms. The van der Waals surface area contributed by atoms with Crippen LogP contribution in [-0.4, -0.2) is 13.4 Å². The maximum absolute atomic E-state index is 11.2. The fraction of sp³-hybridized carbons (Fsp3) is 0.125. The lowest BCUT2D eigenvalue weighted by Gasteiger charge is -1.99. The Bertz CT molecular complexity index is 395. The summed E-state index contributed by atoms with van der Waals surface area (Å²) < 4.78 is 22.5. The Labute approximate surface area is 71.7 Å². The van der Waals surface area contributed by atoms with E-state index in [1.165, 1.54) is 6.20 Å². The summed E-state index contributed by atoms with van der Waals surface area (Å²) in [5.74, 6) is 0. The summed E-state index contributed by atoms with van der Waals surface area (Å²) in [5.41, 5.74) is 0.636. The molecule has 0 bridgehead atoms. The number of nitrogens with zero attached hydrogens (tertiary/aromatic N) is 1. The smallest absolute Gasteiger partial charge is 0.216 e. The molecule has 0 saturated carbocycles. The molecule has 1 aromatic rings. The zero-order valence-electron chi connectivity index (χ0n) is 6.69. The fourth-order valence-corrected chi connectivity index (χ4v) is 1.73. The van der Waals surface area contributed by atoms with Gasteiger partial charge < -0.3 is 0 Å². The quantitative estimate of drug-likeness (QED) is 0.694. The van der Waals surface area contributed by atoms with Crippen LogP contribution >= 0.6 is 0 Å². The van der Waals surface area contributed by atoms with Crippen LogP contribution in [0.5, 0.6) is 0 Å². The highest BCUT2D eigenvalue weighted by Gasteiger charge is 2.12. The van der Waals surface area contributed by atoms with Crippen molar-refractivity contribution in [2.24, 2.45) is 0 Å². The standard InChI is InChI=1S/C8H9NO2S/c1-3-12(10,11)8-7(2)5-4-6-9-8/h3-6H,1H2,2H3. The van der Waals surface area contributed by atoms with Crippen LogP contribution in [0.2, 0.25) is 0 Å². The molecule has 0 spiro atoms. The van der Waals surface area contributed by atoms with Crippen LogP contribution in [0, 0.1) is 6.92 Å². The number of sulfone groups is 1. The molecule has 1 rings (SSSR count). The van der Waals surface area contributed by atoms with Crippen molar-refractivity contribution >= 4 is 9.84 Å². The molecule has 12 heavy (non-hydrogen) atoms. The monoisotopic (exact) mass is 183 g/mol. The van der Waals surface area contributed by atoms with Crippen molar-refractivity contribution < 1.29 is 8.42 Å². The van der Waals surface area contributed by atoms with Gasteiger partial charge in [-0.05, 0) is 18.6 Å². The predicted octanol–water partition coefficient (Wildman–Crippen LogP) is 1.31. The van der Waals surface area contributed by atoms with E-state index in [1.54, 1.807) is 19.1 Å². The van der Waals surface area contributed by atoms with Gasteiger partial charge in [0, 0.05) is 11.6 Å². The van der Waals surface area contributed by atoms with Crippen LogP contribution in [0.25, 0.3) is 0 Å². The van der Waals surface area contributed by atoms with Gasteiger partial charge in [-0.25, -0.2) is 13.4 Å². The van der Waals surface area contributed by atoms with E-state index < -0.39 is 9.84 Å². The van der Waals surface area contributed by atoms with Crippen LogP contribution in [0.15, 0.2) is 35.3 Å². The number of aromatic nitrogens is 1. The van der Waals surface area contributed by atoms with Crippen molar-refractivity contribution in [1.29, 1.82) is 0 Å². The highest BCUT2D eigenvalue weighted by atomic mass is 32.2. The second-order valence-electron chi connectivity index (χ2n) is 2.34. The Morgan fingerprint density at radius 1 is 1.58 bits per heavy atom. The zero-order chi connectivity index (χ0) is 9.19. The lowest BCUT2D eigenvalue weighted by Crippen LogP contribution is -2.01. The highest BCUT2D eigenvalue weighted by Crippen LogP contribution is 2.12. The molecule has 0 amide bonds. The lowest BCUT2D eigenvalue weighted by molar-refractivity contribution is 0.600. The van der Waals surface area contributed by atoms with Crippen molar-refractivity contribution in [3.05, 3.63) is 35.9 Å². The van der Waals surface area contributed by atoms with Gasteiger partial charge in [-0.2, -0.15) is 0 Å². The molecular formula is C8H9NO2S. The molecule has 0 unspecified atom stereocenters. The lowest BCUT2D eigenvalue weighted by atomic mass is 10.3. The Hall–Kier alpha value is -1.16. The van der Waals surface area contributed by atoms with Gasteiger partial charge in [0.15, 0.2) is 5.03 Å². The van der Waals surface area contributed by atoms with Gasteiger partial charge in [-0.3, -0.25) is 0 Å². The molecule has 0 aliphatic heterocycles. The topological polar surface area (TPSA) is 47.0 Å². The van der Waals surface area contributed by atoms with Crippen LogP contribution in [0.1, 0.15) is 5.56 Å². The summed E-state index contributed by atoms with van der Waals surface area (Å²) in [7, 11) is -3.38. The fourth-order valence-electron chi connectivity index (χ4n) is 0.848. The third-order valence-electron chi connectivity index (χ3n) is 1.45. The Balaban J connectivity index is 3.39. The van der Waals surface area contributed by atoms with Gasteiger partial charge in [0.05, 0.1) is 0 Å². The van der Waals surface area contributed by atoms with Crippen molar-refractivity contribution in [1.82, 2.24) is 4.98 Å². The van der Waals surface area contributed by atoms with E-state index in [-0.39, 0.29) is 5.03 Å². The first-order chi connectivity index (χ1) is 5.58. The summed E-state index contributed by atoms with van der Waals surface area (Å²) in [6.45, 7) is 4.92. The normalized spacial score (nSPS) is 11.1. The van der Waals surface area contributed by atoms with Crippen molar-refractivity contribution in [3.63, 3.8) is 0 Å². The largest absolute Gasteiger partial charge is 0.244 e. The molecule has 0 fully saturated rings. The van der Waals surface area contributed by atoms with E-state index in [0.29, 0.717) is 5.56 Å². The van der Waals surface area contributed by atoms with Crippen LogP contribution < -0.4 is 0 Å². The molecule has 0 aromatic carbocycles. The minimum absolute atomic E-state index is 0.0833. The molecule has 64 valence electrons. The van der Waals surface area contributed by atoms with Crippen molar-refractivity contribution in [2.45, 2.75) is 11.9 Å². The Kier molecular flexibility index (Phi) is 2.28. The number of hydrogen-bond acceptors (Lipinski definition) is 3. The maximum atomic E-state index is 11.2. The highest BCUT2D eigenvalue weighted by molar-refractivity contribution is 7.94. The van der Waals surface area contributed by atoms with Gasteiger partial charge in [0.2, 0.25) is 9.84 Å². The van der Waals surface area contributed by atoms with Crippen LogP contribution in [0.4, 0.5) is 0 Å². The zero-order valence-corrected chi connectivity index (χ0v) is 7.50. The predicted molar refractivity (Wildman–Crippen MR) is 46.4 cm³/mol. The van der Waals surface area contributed by atoms with E-state index in [0.717, 1.165) is 5.41 Å². The summed E-state index contributed by atoms with van der Waals surface area (Å²) >= 11 is 0. The first-order valence-electron chi connectivity index (χ1n) is 3.37. The molecule has 3 nitrogen and oxygen atoms in total. The Morgan fingerprint density at radius 2 is 2.25 bits per heavy atom. The minimum Gasteiger partial charge on any atom is -0.244 e. The molecule has 1 aromatic heterocycles. The molecule has 1 heterocycles. The van der Waals surface area contributed by atoms with Crippen molar-refractivity contribution in [3.8, 4) is 0 Å². The molecular weight excluding hydrogens is 174 g/mol. The first kappa shape index (κ1) is 8.93. The third-order valence-corrected chi connectivity index (χ3v) is 2.86. The summed E-state index contributed by atoms with van der Waals surface area (Å²) in [6, 6.07) is 3.39. The average molecular weight is 183 g/mol. The minimum atomic E-state index is -3.38. The second-order valence-corrected chi connectivity index (χ2v) is 4.15. The number of hydrogen-bond donors (Lipinski definition) is 0. The molecule has 0 saturated heterocycles. The third kappa shape index (κ3) is 1.53.